The molecular weight excluding hydrogens is 266 g/mol. The van der Waals surface area contributed by atoms with Crippen molar-refractivity contribution in [3.63, 3.8) is 0 Å². The van der Waals surface area contributed by atoms with Crippen LogP contribution in [0.5, 0.6) is 0 Å². The van der Waals surface area contributed by atoms with Crippen LogP contribution >= 0.6 is 0 Å². The number of hydrogen-bond donors (Lipinski definition) is 1. The molecule has 0 aromatic carbocycles. The topological polar surface area (TPSA) is 62.5 Å². The summed E-state index contributed by atoms with van der Waals surface area (Å²) < 4.78 is 1.69. The molecule has 3 heterocycles. The van der Waals surface area contributed by atoms with Crippen LogP contribution in [0.25, 0.3) is 5.52 Å². The van der Waals surface area contributed by atoms with Crippen molar-refractivity contribution < 1.29 is 4.79 Å². The molecule has 1 saturated heterocycles. The van der Waals surface area contributed by atoms with Gasteiger partial charge in [-0.2, -0.15) is 5.10 Å². The van der Waals surface area contributed by atoms with Crippen LogP contribution in [0.3, 0.4) is 0 Å². The van der Waals surface area contributed by atoms with Crippen LogP contribution in [0, 0.1) is 5.92 Å². The van der Waals surface area contributed by atoms with E-state index in [1.165, 1.54) is 0 Å². The third kappa shape index (κ3) is 2.90. The number of nitrogens with zero attached hydrogens (tertiary/aromatic N) is 4. The number of hydrogen-bond acceptors (Lipinski definition) is 4. The van der Waals surface area contributed by atoms with Crippen LogP contribution in [-0.4, -0.2) is 51.6 Å². The number of amides is 1. The van der Waals surface area contributed by atoms with Gasteiger partial charge in [-0.05, 0) is 38.8 Å². The lowest BCUT2D eigenvalue weighted by molar-refractivity contribution is 0.0728. The molecular formula is C15H21N5O. The molecule has 1 aliphatic rings. The fraction of sp³-hybridized carbons (Fsp3) is 0.533. The number of piperidine rings is 1. The average molecular weight is 287 g/mol. The third-order valence-corrected chi connectivity index (χ3v) is 4.16. The summed E-state index contributed by atoms with van der Waals surface area (Å²) in [4.78, 5) is 18.8. The summed E-state index contributed by atoms with van der Waals surface area (Å²) in [6.45, 7) is 5.69. The molecule has 1 N–H and O–H groups in total. The molecule has 1 amide bonds. The van der Waals surface area contributed by atoms with Crippen LogP contribution in [0.15, 0.2) is 24.8 Å². The third-order valence-electron chi connectivity index (χ3n) is 4.16. The fourth-order valence-corrected chi connectivity index (χ4v) is 2.90. The molecule has 1 fully saturated rings. The van der Waals surface area contributed by atoms with E-state index in [-0.39, 0.29) is 5.91 Å². The minimum absolute atomic E-state index is 0.0547. The lowest BCUT2D eigenvalue weighted by Gasteiger charge is -2.29. The van der Waals surface area contributed by atoms with E-state index in [2.05, 4.69) is 15.4 Å². The number of rotatable bonds is 4. The zero-order valence-electron chi connectivity index (χ0n) is 12.3. The second-order valence-corrected chi connectivity index (χ2v) is 5.50. The molecule has 3 rings (SSSR count). The molecule has 112 valence electrons. The molecule has 0 unspecified atom stereocenters. The molecule has 1 aliphatic heterocycles. The van der Waals surface area contributed by atoms with E-state index in [1.54, 1.807) is 29.3 Å². The van der Waals surface area contributed by atoms with Gasteiger partial charge in [0.2, 0.25) is 0 Å². The minimum Gasteiger partial charge on any atom is -0.339 e. The molecule has 0 radical (unpaired) electrons. The van der Waals surface area contributed by atoms with Gasteiger partial charge in [0.05, 0.1) is 23.5 Å². The highest BCUT2D eigenvalue weighted by atomic mass is 16.2. The van der Waals surface area contributed by atoms with Gasteiger partial charge in [0.1, 0.15) is 0 Å². The minimum atomic E-state index is 0.0547. The number of nitrogens with one attached hydrogen (secondary N) is 1. The Bertz CT molecular complexity index is 617. The highest BCUT2D eigenvalue weighted by Gasteiger charge is 2.22. The van der Waals surface area contributed by atoms with Crippen LogP contribution in [-0.2, 0) is 0 Å². The summed E-state index contributed by atoms with van der Waals surface area (Å²) in [7, 11) is 0. The zero-order valence-corrected chi connectivity index (χ0v) is 12.3. The van der Waals surface area contributed by atoms with Gasteiger partial charge in [-0.25, -0.2) is 4.52 Å². The maximum Gasteiger partial charge on any atom is 0.257 e. The zero-order chi connectivity index (χ0) is 14.7. The van der Waals surface area contributed by atoms with Crippen LogP contribution in [0.4, 0.5) is 0 Å². The maximum absolute atomic E-state index is 12.8. The summed E-state index contributed by atoms with van der Waals surface area (Å²) in [5.41, 5.74) is 1.41. The number of carbonyl (C=O) groups excluding carboxylic acids is 1. The van der Waals surface area contributed by atoms with E-state index in [4.69, 9.17) is 0 Å². The van der Waals surface area contributed by atoms with Gasteiger partial charge in [0.15, 0.2) is 0 Å². The monoisotopic (exact) mass is 287 g/mol. The van der Waals surface area contributed by atoms with Crippen molar-refractivity contribution >= 4 is 11.4 Å². The van der Waals surface area contributed by atoms with Crippen molar-refractivity contribution in [1.29, 1.82) is 0 Å². The van der Waals surface area contributed by atoms with Crippen LogP contribution in [0.2, 0.25) is 0 Å². The van der Waals surface area contributed by atoms with Crippen molar-refractivity contribution in [2.45, 2.75) is 19.8 Å². The van der Waals surface area contributed by atoms with E-state index in [9.17, 15) is 4.79 Å². The van der Waals surface area contributed by atoms with Crippen molar-refractivity contribution in [1.82, 2.24) is 24.8 Å². The average Bonchev–Trinajstić information content (AvgIpc) is 2.97. The second-order valence-electron chi connectivity index (χ2n) is 5.50. The largest absolute Gasteiger partial charge is 0.339 e. The van der Waals surface area contributed by atoms with Crippen LogP contribution in [0.1, 0.15) is 30.1 Å². The first-order valence-corrected chi connectivity index (χ1v) is 7.57. The number of fused-ring (bicyclic) bond motifs is 1. The van der Waals surface area contributed by atoms with Crippen molar-refractivity contribution in [3.8, 4) is 0 Å². The van der Waals surface area contributed by atoms with E-state index in [0.717, 1.165) is 44.5 Å². The van der Waals surface area contributed by atoms with Crippen molar-refractivity contribution in [2.24, 2.45) is 5.92 Å². The molecule has 0 spiro atoms. The smallest absolute Gasteiger partial charge is 0.257 e. The number of aromatic nitrogens is 3. The van der Waals surface area contributed by atoms with E-state index in [1.807, 2.05) is 11.8 Å². The Kier molecular flexibility index (Phi) is 4.15. The Labute approximate surface area is 124 Å². The summed E-state index contributed by atoms with van der Waals surface area (Å²) >= 11 is 0. The summed E-state index contributed by atoms with van der Waals surface area (Å²) in [6, 6.07) is 0. The highest BCUT2D eigenvalue weighted by Crippen LogP contribution is 2.17. The first-order valence-electron chi connectivity index (χ1n) is 7.57. The Morgan fingerprint density at radius 1 is 1.43 bits per heavy atom. The fourth-order valence-electron chi connectivity index (χ4n) is 2.90. The first-order chi connectivity index (χ1) is 10.3. The predicted octanol–water partition coefficient (Wildman–Crippen LogP) is 1.19. The molecule has 6 heteroatoms. The van der Waals surface area contributed by atoms with Gasteiger partial charge in [-0.15, -0.1) is 0 Å². The normalized spacial score (nSPS) is 16.2. The predicted molar refractivity (Wildman–Crippen MR) is 80.2 cm³/mol. The highest BCUT2D eigenvalue weighted by molar-refractivity contribution is 6.00. The molecule has 0 bridgehead atoms. The lowest BCUT2D eigenvalue weighted by Crippen LogP contribution is -2.39. The SMILES string of the molecule is CCN(CC1CCNCC1)C(=O)c1cnn2ccncc12. The first kappa shape index (κ1) is 14.0. The summed E-state index contributed by atoms with van der Waals surface area (Å²) in [5, 5.41) is 7.58. The quantitative estimate of drug-likeness (QED) is 0.917. The maximum atomic E-state index is 12.8. The Morgan fingerprint density at radius 2 is 2.24 bits per heavy atom. The Morgan fingerprint density at radius 3 is 3.00 bits per heavy atom. The standard InChI is InChI=1S/C15H21N5O/c1-2-19(11-12-3-5-16-6-4-12)15(21)13-9-18-20-8-7-17-10-14(13)20/h7-10,12,16H,2-6,11H2,1H3. The van der Waals surface area contributed by atoms with Gasteiger partial charge < -0.3 is 10.2 Å². The Balaban J connectivity index is 1.78. The van der Waals surface area contributed by atoms with Gasteiger partial charge in [-0.1, -0.05) is 0 Å². The van der Waals surface area contributed by atoms with E-state index < -0.39 is 0 Å². The summed E-state index contributed by atoms with van der Waals surface area (Å²) in [6.07, 6.45) is 9.04. The molecule has 2 aromatic rings. The Hall–Kier alpha value is -1.95. The van der Waals surface area contributed by atoms with Crippen molar-refractivity contribution in [2.75, 3.05) is 26.2 Å². The van der Waals surface area contributed by atoms with E-state index >= 15 is 0 Å². The summed E-state index contributed by atoms with van der Waals surface area (Å²) in [5.74, 6) is 0.647. The van der Waals surface area contributed by atoms with Gasteiger partial charge in [0, 0.05) is 25.5 Å². The molecule has 2 aromatic heterocycles. The molecule has 0 saturated carbocycles. The molecule has 21 heavy (non-hydrogen) atoms. The van der Waals surface area contributed by atoms with Crippen molar-refractivity contribution in [3.05, 3.63) is 30.4 Å². The second kappa shape index (κ2) is 6.22. The van der Waals surface area contributed by atoms with E-state index in [0.29, 0.717) is 11.5 Å². The molecule has 0 atom stereocenters. The van der Waals surface area contributed by atoms with Crippen LogP contribution < -0.4 is 5.32 Å². The lowest BCUT2D eigenvalue weighted by atomic mass is 9.97. The van der Waals surface area contributed by atoms with Gasteiger partial charge in [0.25, 0.3) is 5.91 Å². The van der Waals surface area contributed by atoms with Gasteiger partial charge in [-0.3, -0.25) is 9.78 Å². The van der Waals surface area contributed by atoms with Gasteiger partial charge >= 0.3 is 0 Å². The molecule has 6 nitrogen and oxygen atoms in total. The molecule has 0 aliphatic carbocycles. The number of carbonyl (C=O) groups is 1.